The Morgan fingerprint density at radius 2 is 1.69 bits per heavy atom. The highest BCUT2D eigenvalue weighted by atomic mass is 16.6. The van der Waals surface area contributed by atoms with Crippen molar-refractivity contribution in [1.29, 1.82) is 0 Å². The number of Topliss-reactive ketones (excluding diaryl/α,β-unsaturated/α-hetero) is 2. The SMILES string of the molecule is CC(=O)O[C@@H]1C2=C(C(=O)C(OC(=O)c3ccc([N+](=O)[O-])cc3)=C(C(C)C)C2=O)[C@@]2(C)CCCC(C)(C)[C@@H]2[C@@H]1O. The molecule has 10 nitrogen and oxygen atoms in total. The number of fused-ring (bicyclic) bond motifs is 2. The predicted octanol–water partition coefficient (Wildman–Crippen LogP) is 4.25. The molecule has 1 aromatic rings. The van der Waals surface area contributed by atoms with Crippen LogP contribution in [0.1, 0.15) is 71.2 Å². The highest BCUT2D eigenvalue weighted by Crippen LogP contribution is 2.61. The summed E-state index contributed by atoms with van der Waals surface area (Å²) in [5.41, 5.74) is -1.66. The fourth-order valence-electron chi connectivity index (χ4n) is 6.91. The second kappa shape index (κ2) is 9.82. The Hall–Kier alpha value is -3.66. The van der Waals surface area contributed by atoms with Gasteiger partial charge in [-0.2, -0.15) is 0 Å². The molecular weight excluding hydrogens is 506 g/mol. The van der Waals surface area contributed by atoms with Gasteiger partial charge in [0.1, 0.15) is 0 Å². The van der Waals surface area contributed by atoms with Crippen LogP contribution in [0.5, 0.6) is 0 Å². The number of hydrogen-bond acceptors (Lipinski definition) is 9. The van der Waals surface area contributed by atoms with E-state index in [2.05, 4.69) is 0 Å². The maximum Gasteiger partial charge on any atom is 0.343 e. The van der Waals surface area contributed by atoms with Gasteiger partial charge in [0.15, 0.2) is 17.6 Å². The lowest BCUT2D eigenvalue weighted by Crippen LogP contribution is -2.60. The van der Waals surface area contributed by atoms with E-state index >= 15 is 0 Å². The van der Waals surface area contributed by atoms with Crippen molar-refractivity contribution >= 4 is 29.2 Å². The number of carbonyl (C=O) groups excluding carboxylic acids is 4. The third-order valence-electron chi connectivity index (χ3n) is 8.37. The summed E-state index contributed by atoms with van der Waals surface area (Å²) in [5.74, 6) is -4.39. The lowest BCUT2D eigenvalue weighted by atomic mass is 9.47. The Morgan fingerprint density at radius 3 is 2.23 bits per heavy atom. The molecule has 39 heavy (non-hydrogen) atoms. The standard InChI is InChI=1S/C29H33NO9/c1-14(2)18-21(32)19-20(22(33)24(18)39-27(35)16-8-10-17(11-9-16)30(36)37)29(6)13-7-12-28(4,5)26(29)23(34)25(19)38-15(3)31/h8-11,14,23,25-26,34H,7,12-13H2,1-6H3/t23-,25-,26+,29-/m1/s1. The lowest BCUT2D eigenvalue weighted by Gasteiger charge is -2.58. The topological polar surface area (TPSA) is 150 Å². The number of nitrogens with zero attached hydrogens (tertiary/aromatic N) is 1. The molecule has 0 spiro atoms. The highest BCUT2D eigenvalue weighted by Gasteiger charge is 2.62. The number of nitro benzene ring substituents is 1. The normalized spacial score (nSPS) is 28.2. The minimum Gasteiger partial charge on any atom is -0.455 e. The monoisotopic (exact) mass is 539 g/mol. The minimum atomic E-state index is -1.34. The van der Waals surface area contributed by atoms with Crippen LogP contribution in [-0.4, -0.2) is 45.7 Å². The van der Waals surface area contributed by atoms with E-state index in [0.717, 1.165) is 25.0 Å². The summed E-state index contributed by atoms with van der Waals surface area (Å²) in [6, 6.07) is 4.71. The van der Waals surface area contributed by atoms with Gasteiger partial charge >= 0.3 is 11.9 Å². The zero-order valence-corrected chi connectivity index (χ0v) is 22.9. The van der Waals surface area contributed by atoms with Gasteiger partial charge < -0.3 is 14.6 Å². The molecule has 0 heterocycles. The Labute approximate surface area is 226 Å². The van der Waals surface area contributed by atoms with E-state index in [1.165, 1.54) is 19.1 Å². The second-order valence-corrected chi connectivity index (χ2v) is 11.8. The van der Waals surface area contributed by atoms with Gasteiger partial charge in [0.2, 0.25) is 5.78 Å². The largest absolute Gasteiger partial charge is 0.455 e. The van der Waals surface area contributed by atoms with Crippen LogP contribution >= 0.6 is 0 Å². The van der Waals surface area contributed by atoms with Crippen molar-refractivity contribution in [3.63, 3.8) is 0 Å². The van der Waals surface area contributed by atoms with Gasteiger partial charge in [-0.1, -0.05) is 41.0 Å². The van der Waals surface area contributed by atoms with Crippen molar-refractivity contribution < 1.29 is 38.7 Å². The van der Waals surface area contributed by atoms with Gasteiger partial charge in [-0.05, 0) is 36.3 Å². The number of non-ortho nitro benzene ring substituents is 1. The first kappa shape index (κ1) is 28.4. The van der Waals surface area contributed by atoms with E-state index < -0.39 is 69.1 Å². The quantitative estimate of drug-likeness (QED) is 0.251. The molecule has 208 valence electrons. The summed E-state index contributed by atoms with van der Waals surface area (Å²) in [6.07, 6.45) is -0.560. The first-order chi connectivity index (χ1) is 18.1. The third-order valence-corrected chi connectivity index (χ3v) is 8.37. The number of ether oxygens (including phenoxy) is 2. The molecule has 1 N–H and O–H groups in total. The number of esters is 2. The van der Waals surface area contributed by atoms with Crippen molar-refractivity contribution in [3.05, 3.63) is 62.4 Å². The molecule has 1 aromatic carbocycles. The maximum atomic E-state index is 14.3. The van der Waals surface area contributed by atoms with E-state index in [4.69, 9.17) is 9.47 Å². The van der Waals surface area contributed by atoms with Crippen LogP contribution in [0.25, 0.3) is 0 Å². The molecule has 0 amide bonds. The smallest absolute Gasteiger partial charge is 0.343 e. The maximum absolute atomic E-state index is 14.3. The number of ketones is 2. The van der Waals surface area contributed by atoms with Crippen LogP contribution in [0.3, 0.4) is 0 Å². The predicted molar refractivity (Wildman–Crippen MR) is 138 cm³/mol. The van der Waals surface area contributed by atoms with Crippen molar-refractivity contribution in [3.8, 4) is 0 Å². The lowest BCUT2D eigenvalue weighted by molar-refractivity contribution is -0.384. The van der Waals surface area contributed by atoms with Gasteiger partial charge in [0, 0.05) is 41.5 Å². The van der Waals surface area contributed by atoms with Crippen molar-refractivity contribution in [2.75, 3.05) is 0 Å². The highest BCUT2D eigenvalue weighted by molar-refractivity contribution is 6.26. The van der Waals surface area contributed by atoms with E-state index in [1.807, 2.05) is 20.8 Å². The molecular formula is C29H33NO9. The molecule has 10 heteroatoms. The number of rotatable bonds is 5. The first-order valence-electron chi connectivity index (χ1n) is 13.0. The van der Waals surface area contributed by atoms with E-state index in [1.54, 1.807) is 13.8 Å². The van der Waals surface area contributed by atoms with E-state index in [0.29, 0.717) is 6.42 Å². The summed E-state index contributed by atoms with van der Waals surface area (Å²) in [6.45, 7) is 10.3. The summed E-state index contributed by atoms with van der Waals surface area (Å²) in [5, 5.41) is 22.6. The molecule has 4 rings (SSSR count). The number of aliphatic hydroxyl groups excluding tert-OH is 1. The molecule has 4 atom stereocenters. The van der Waals surface area contributed by atoms with E-state index in [9.17, 15) is 34.4 Å². The summed E-state index contributed by atoms with van der Waals surface area (Å²) >= 11 is 0. The van der Waals surface area contributed by atoms with Gasteiger partial charge in [0.05, 0.1) is 22.2 Å². The van der Waals surface area contributed by atoms with Crippen LogP contribution in [-0.2, 0) is 23.9 Å². The van der Waals surface area contributed by atoms with E-state index in [-0.39, 0.29) is 28.0 Å². The Kier molecular flexibility index (Phi) is 7.14. The first-order valence-corrected chi connectivity index (χ1v) is 13.0. The van der Waals surface area contributed by atoms with Gasteiger partial charge in [-0.3, -0.25) is 24.5 Å². The van der Waals surface area contributed by atoms with Gasteiger partial charge in [0.25, 0.3) is 5.69 Å². The third kappa shape index (κ3) is 4.60. The van der Waals surface area contributed by atoms with Crippen LogP contribution < -0.4 is 0 Å². The zero-order valence-electron chi connectivity index (χ0n) is 22.9. The molecule has 0 bridgehead atoms. The number of carbonyl (C=O) groups is 4. The summed E-state index contributed by atoms with van der Waals surface area (Å²) in [7, 11) is 0. The molecule has 0 aromatic heterocycles. The van der Waals surface area contributed by atoms with Crippen LogP contribution in [0.4, 0.5) is 5.69 Å². The number of allylic oxidation sites excluding steroid dienone is 2. The molecule has 3 aliphatic carbocycles. The minimum absolute atomic E-state index is 0.0315. The van der Waals surface area contributed by atoms with Gasteiger partial charge in [-0.25, -0.2) is 4.79 Å². The molecule has 0 saturated heterocycles. The molecule has 1 fully saturated rings. The molecule has 1 saturated carbocycles. The molecule has 3 aliphatic rings. The molecule has 0 radical (unpaired) electrons. The van der Waals surface area contributed by atoms with Crippen molar-refractivity contribution in [2.45, 2.75) is 73.0 Å². The zero-order chi connectivity index (χ0) is 29.0. The molecule has 0 aliphatic heterocycles. The average Bonchev–Trinajstić information content (AvgIpc) is 2.82. The number of benzene rings is 1. The Bertz CT molecular complexity index is 1330. The Balaban J connectivity index is 1.86. The van der Waals surface area contributed by atoms with Crippen LogP contribution in [0.2, 0.25) is 0 Å². The number of aliphatic hydroxyl groups is 1. The average molecular weight is 540 g/mol. The van der Waals surface area contributed by atoms with Gasteiger partial charge in [-0.15, -0.1) is 0 Å². The fraction of sp³-hybridized carbons (Fsp3) is 0.517. The van der Waals surface area contributed by atoms with Crippen molar-refractivity contribution in [1.82, 2.24) is 0 Å². The van der Waals surface area contributed by atoms with Crippen LogP contribution in [0, 0.1) is 32.8 Å². The molecule has 0 unspecified atom stereocenters. The Morgan fingerprint density at radius 1 is 1.08 bits per heavy atom. The second-order valence-electron chi connectivity index (χ2n) is 11.8. The fourth-order valence-corrected chi connectivity index (χ4v) is 6.91. The van der Waals surface area contributed by atoms with Crippen LogP contribution in [0.15, 0.2) is 46.7 Å². The number of nitro groups is 1. The summed E-state index contributed by atoms with van der Waals surface area (Å²) < 4.78 is 11.1. The summed E-state index contributed by atoms with van der Waals surface area (Å²) in [4.78, 5) is 63.9. The van der Waals surface area contributed by atoms with Crippen molar-refractivity contribution in [2.24, 2.45) is 22.7 Å². The number of hydrogen-bond donors (Lipinski definition) is 1.